The average Bonchev–Trinajstić information content (AvgIpc) is 2.64. The number of benzene rings is 2. The molecule has 2 N–H and O–H groups in total. The van der Waals surface area contributed by atoms with Gasteiger partial charge in [-0.1, -0.05) is 36.4 Å². The molecule has 2 aromatic carbocycles. The molecule has 5 nitrogen and oxygen atoms in total. The van der Waals surface area contributed by atoms with Crippen molar-refractivity contribution in [2.24, 2.45) is 0 Å². The van der Waals surface area contributed by atoms with Gasteiger partial charge in [0.1, 0.15) is 0 Å². The molecule has 5 heteroatoms. The second kappa shape index (κ2) is 6.96. The highest BCUT2D eigenvalue weighted by molar-refractivity contribution is 6.14. The number of carbonyl (C=O) groups is 2. The van der Waals surface area contributed by atoms with E-state index in [-0.39, 0.29) is 17.9 Å². The highest BCUT2D eigenvalue weighted by Crippen LogP contribution is 2.22. The van der Waals surface area contributed by atoms with Crippen LogP contribution < -0.4 is 10.6 Å². The highest BCUT2D eigenvalue weighted by atomic mass is 16.2. The van der Waals surface area contributed by atoms with E-state index in [9.17, 15) is 9.59 Å². The normalized spacial score (nSPS) is 13.8. The van der Waals surface area contributed by atoms with E-state index >= 15 is 0 Å². The van der Waals surface area contributed by atoms with Gasteiger partial charge in [0.2, 0.25) is 0 Å². The zero-order valence-corrected chi connectivity index (χ0v) is 14.2. The number of pyridine rings is 1. The number of fused-ring (bicyclic) bond motifs is 1. The third-order valence-electron chi connectivity index (χ3n) is 4.79. The van der Waals surface area contributed by atoms with Crippen molar-refractivity contribution in [3.8, 4) is 0 Å². The lowest BCUT2D eigenvalue weighted by atomic mass is 9.93. The predicted octanol–water partition coefficient (Wildman–Crippen LogP) is 3.77. The molecule has 1 saturated carbocycles. The van der Waals surface area contributed by atoms with Crippen molar-refractivity contribution in [1.29, 1.82) is 0 Å². The van der Waals surface area contributed by atoms with Gasteiger partial charge in [-0.3, -0.25) is 14.6 Å². The van der Waals surface area contributed by atoms with Gasteiger partial charge < -0.3 is 10.6 Å². The van der Waals surface area contributed by atoms with Crippen molar-refractivity contribution >= 4 is 28.3 Å². The summed E-state index contributed by atoms with van der Waals surface area (Å²) in [5.41, 5.74) is 1.42. The van der Waals surface area contributed by atoms with Gasteiger partial charge >= 0.3 is 0 Å². The van der Waals surface area contributed by atoms with E-state index in [2.05, 4.69) is 15.6 Å². The van der Waals surface area contributed by atoms with Crippen LogP contribution in [0.15, 0.2) is 60.9 Å². The minimum atomic E-state index is -0.257. The van der Waals surface area contributed by atoms with Gasteiger partial charge in [0.15, 0.2) is 0 Å². The van der Waals surface area contributed by atoms with Crippen LogP contribution in [0.1, 0.15) is 40.0 Å². The fourth-order valence-corrected chi connectivity index (χ4v) is 3.12. The molecule has 130 valence electrons. The molecular weight excluding hydrogens is 326 g/mol. The van der Waals surface area contributed by atoms with Crippen molar-refractivity contribution in [2.75, 3.05) is 5.32 Å². The molecule has 1 heterocycles. The molecule has 0 spiro atoms. The SMILES string of the molecule is O=C(NC1CCC1)c1ccncc1NC(=O)c1cccc2ccccc12. The van der Waals surface area contributed by atoms with Crippen LogP contribution >= 0.6 is 0 Å². The molecule has 0 saturated heterocycles. The van der Waals surface area contributed by atoms with Gasteiger partial charge in [-0.2, -0.15) is 0 Å². The van der Waals surface area contributed by atoms with Crippen molar-refractivity contribution in [3.05, 3.63) is 72.1 Å². The van der Waals surface area contributed by atoms with Gasteiger partial charge in [-0.15, -0.1) is 0 Å². The number of hydrogen-bond acceptors (Lipinski definition) is 3. The minimum Gasteiger partial charge on any atom is -0.349 e. The molecule has 1 aliphatic carbocycles. The van der Waals surface area contributed by atoms with E-state index in [1.807, 2.05) is 36.4 Å². The second-order valence-electron chi connectivity index (χ2n) is 6.50. The Kier molecular flexibility index (Phi) is 4.35. The molecule has 1 fully saturated rings. The lowest BCUT2D eigenvalue weighted by Crippen LogP contribution is -2.39. The Balaban J connectivity index is 1.60. The van der Waals surface area contributed by atoms with Crippen LogP contribution in [0.25, 0.3) is 10.8 Å². The second-order valence-corrected chi connectivity index (χ2v) is 6.50. The largest absolute Gasteiger partial charge is 0.349 e. The van der Waals surface area contributed by atoms with E-state index in [0.717, 1.165) is 30.0 Å². The third-order valence-corrected chi connectivity index (χ3v) is 4.79. The van der Waals surface area contributed by atoms with Gasteiger partial charge in [0.25, 0.3) is 11.8 Å². The van der Waals surface area contributed by atoms with E-state index < -0.39 is 0 Å². The molecular formula is C21H19N3O2. The van der Waals surface area contributed by atoms with Crippen LogP contribution in [0.3, 0.4) is 0 Å². The zero-order valence-electron chi connectivity index (χ0n) is 14.2. The maximum Gasteiger partial charge on any atom is 0.256 e. The van der Waals surface area contributed by atoms with E-state index in [1.54, 1.807) is 18.3 Å². The van der Waals surface area contributed by atoms with Crippen LogP contribution in [-0.2, 0) is 0 Å². The van der Waals surface area contributed by atoms with Crippen LogP contribution in [-0.4, -0.2) is 22.8 Å². The molecule has 4 rings (SSSR count). The van der Waals surface area contributed by atoms with Crippen molar-refractivity contribution < 1.29 is 9.59 Å². The molecule has 3 aromatic rings. The maximum absolute atomic E-state index is 12.8. The summed E-state index contributed by atoms with van der Waals surface area (Å²) in [6, 6.07) is 15.2. The minimum absolute atomic E-state index is 0.176. The lowest BCUT2D eigenvalue weighted by Gasteiger charge is -2.26. The molecule has 0 radical (unpaired) electrons. The fraction of sp³-hybridized carbons (Fsp3) is 0.190. The third kappa shape index (κ3) is 3.16. The summed E-state index contributed by atoms with van der Waals surface area (Å²) in [6.07, 6.45) is 6.23. The number of carbonyl (C=O) groups excluding carboxylic acids is 2. The maximum atomic E-state index is 12.8. The number of anilines is 1. The highest BCUT2D eigenvalue weighted by Gasteiger charge is 2.22. The monoisotopic (exact) mass is 345 g/mol. The molecule has 26 heavy (non-hydrogen) atoms. The van der Waals surface area contributed by atoms with E-state index in [4.69, 9.17) is 0 Å². The summed E-state index contributed by atoms with van der Waals surface area (Å²) < 4.78 is 0. The van der Waals surface area contributed by atoms with Crippen molar-refractivity contribution in [2.45, 2.75) is 25.3 Å². The first kappa shape index (κ1) is 16.3. The number of aromatic nitrogens is 1. The van der Waals surface area contributed by atoms with Crippen LogP contribution in [0.5, 0.6) is 0 Å². The van der Waals surface area contributed by atoms with Crippen molar-refractivity contribution in [1.82, 2.24) is 10.3 Å². The van der Waals surface area contributed by atoms with Gasteiger partial charge in [-0.05, 0) is 42.2 Å². The Bertz CT molecular complexity index is 974. The number of nitrogens with one attached hydrogen (secondary N) is 2. The molecule has 0 aliphatic heterocycles. The summed E-state index contributed by atoms with van der Waals surface area (Å²) in [4.78, 5) is 29.4. The molecule has 1 aromatic heterocycles. The Morgan fingerprint density at radius 1 is 0.923 bits per heavy atom. The standard InChI is InChI=1S/C21H19N3O2/c25-20(17-10-3-6-14-5-1-2-9-16(14)17)24-19-13-22-12-11-18(19)21(26)23-15-7-4-8-15/h1-3,5-6,9-13,15H,4,7-8H2,(H,23,26)(H,24,25). The number of nitrogens with zero attached hydrogens (tertiary/aromatic N) is 1. The van der Waals surface area contributed by atoms with Gasteiger partial charge in [-0.25, -0.2) is 0 Å². The molecule has 0 unspecified atom stereocenters. The quantitative estimate of drug-likeness (QED) is 0.756. The molecule has 0 atom stereocenters. The lowest BCUT2D eigenvalue weighted by molar-refractivity contribution is 0.0918. The predicted molar refractivity (Wildman–Crippen MR) is 101 cm³/mol. The average molecular weight is 345 g/mol. The van der Waals surface area contributed by atoms with Gasteiger partial charge in [0, 0.05) is 17.8 Å². The van der Waals surface area contributed by atoms with E-state index in [1.165, 1.54) is 6.20 Å². The van der Waals surface area contributed by atoms with Crippen LogP contribution in [0, 0.1) is 0 Å². The fourth-order valence-electron chi connectivity index (χ4n) is 3.12. The summed E-state index contributed by atoms with van der Waals surface area (Å²) >= 11 is 0. The smallest absolute Gasteiger partial charge is 0.256 e. The zero-order chi connectivity index (χ0) is 17.9. The van der Waals surface area contributed by atoms with Crippen molar-refractivity contribution in [3.63, 3.8) is 0 Å². The van der Waals surface area contributed by atoms with Crippen LogP contribution in [0.4, 0.5) is 5.69 Å². The van der Waals surface area contributed by atoms with Gasteiger partial charge in [0.05, 0.1) is 17.4 Å². The summed E-state index contributed by atoms with van der Waals surface area (Å²) in [6.45, 7) is 0. The first-order valence-electron chi connectivity index (χ1n) is 8.76. The Labute approximate surface area is 151 Å². The number of hydrogen-bond donors (Lipinski definition) is 2. The first-order valence-corrected chi connectivity index (χ1v) is 8.76. The topological polar surface area (TPSA) is 71.1 Å². The van der Waals surface area contributed by atoms with Crippen LogP contribution in [0.2, 0.25) is 0 Å². The van der Waals surface area contributed by atoms with E-state index in [0.29, 0.717) is 16.8 Å². The summed E-state index contributed by atoms with van der Waals surface area (Å²) in [5, 5.41) is 7.71. The Morgan fingerprint density at radius 2 is 1.73 bits per heavy atom. The first-order chi connectivity index (χ1) is 12.7. The Hall–Kier alpha value is -3.21. The molecule has 2 amide bonds. The number of amides is 2. The summed E-state index contributed by atoms with van der Waals surface area (Å²) in [7, 11) is 0. The molecule has 1 aliphatic rings. The number of rotatable bonds is 4. The summed E-state index contributed by atoms with van der Waals surface area (Å²) in [5.74, 6) is -0.433. The molecule has 0 bridgehead atoms. The Morgan fingerprint density at radius 3 is 2.54 bits per heavy atom.